The molecule has 0 saturated heterocycles. The maximum Gasteiger partial charge on any atom is 0.335 e. The minimum Gasteiger partial charge on any atom is -0.502 e. The number of hydrogen-bond acceptors (Lipinski definition) is 5. The van der Waals surface area contributed by atoms with Gasteiger partial charge in [0.1, 0.15) is 0 Å². The molecule has 8 nitrogen and oxygen atoms in total. The Morgan fingerprint density at radius 2 is 1.85 bits per heavy atom. The van der Waals surface area contributed by atoms with Crippen LogP contribution in [0.15, 0.2) is 21.7 Å². The highest BCUT2D eigenvalue weighted by atomic mass is 79.9. The Balaban J connectivity index is 1.41. The van der Waals surface area contributed by atoms with E-state index in [0.29, 0.717) is 4.47 Å². The third-order valence-electron chi connectivity index (χ3n) is 6.07. The summed E-state index contributed by atoms with van der Waals surface area (Å²) in [6.45, 7) is 0. The van der Waals surface area contributed by atoms with Crippen LogP contribution >= 0.6 is 15.9 Å². The molecule has 27 heavy (non-hydrogen) atoms. The van der Waals surface area contributed by atoms with Crippen LogP contribution in [0.25, 0.3) is 0 Å². The molecule has 0 heterocycles. The number of carbonyl (C=O) groups excluding carboxylic acids is 1. The van der Waals surface area contributed by atoms with E-state index in [4.69, 9.17) is 0 Å². The van der Waals surface area contributed by atoms with Crippen molar-refractivity contribution in [2.75, 3.05) is 0 Å². The van der Waals surface area contributed by atoms with E-state index >= 15 is 0 Å². The molecule has 2 amide bonds. The zero-order valence-corrected chi connectivity index (χ0v) is 16.2. The number of nitro groups is 1. The van der Waals surface area contributed by atoms with Crippen molar-refractivity contribution in [3.05, 3.63) is 32.3 Å². The molecule has 5 rings (SSSR count). The van der Waals surface area contributed by atoms with E-state index in [1.807, 2.05) is 0 Å². The first-order valence-electron chi connectivity index (χ1n) is 9.12. The Morgan fingerprint density at radius 1 is 1.26 bits per heavy atom. The van der Waals surface area contributed by atoms with Gasteiger partial charge >= 0.3 is 11.7 Å². The highest BCUT2D eigenvalue weighted by Gasteiger charge is 2.51. The van der Waals surface area contributed by atoms with Crippen molar-refractivity contribution in [2.24, 2.45) is 22.9 Å². The van der Waals surface area contributed by atoms with Crippen molar-refractivity contribution in [1.82, 2.24) is 10.7 Å². The molecule has 4 aliphatic carbocycles. The second-order valence-electron chi connectivity index (χ2n) is 8.14. The summed E-state index contributed by atoms with van der Waals surface area (Å²) in [6.07, 6.45) is 8.19. The number of carbonyl (C=O) groups is 1. The van der Waals surface area contributed by atoms with Gasteiger partial charge < -0.3 is 10.4 Å². The van der Waals surface area contributed by atoms with Gasteiger partial charge in [-0.2, -0.15) is 5.10 Å². The van der Waals surface area contributed by atoms with Crippen molar-refractivity contribution in [3.63, 3.8) is 0 Å². The smallest absolute Gasteiger partial charge is 0.335 e. The molecule has 1 aromatic rings. The van der Waals surface area contributed by atoms with E-state index in [-0.39, 0.29) is 17.1 Å². The van der Waals surface area contributed by atoms with Crippen LogP contribution in [0.2, 0.25) is 0 Å². The first-order chi connectivity index (χ1) is 12.8. The Labute approximate surface area is 164 Å². The molecule has 4 aliphatic rings. The maximum absolute atomic E-state index is 12.3. The summed E-state index contributed by atoms with van der Waals surface area (Å²) in [6, 6.07) is 2.32. The normalized spacial score (nSPS) is 31.2. The van der Waals surface area contributed by atoms with Gasteiger partial charge in [0.25, 0.3) is 0 Å². The molecule has 0 atom stereocenters. The van der Waals surface area contributed by atoms with Crippen molar-refractivity contribution in [3.8, 4) is 5.75 Å². The van der Waals surface area contributed by atoms with Crippen LogP contribution in [-0.4, -0.2) is 27.8 Å². The Bertz CT molecular complexity index is 791. The fraction of sp³-hybridized carbons (Fsp3) is 0.556. The highest BCUT2D eigenvalue weighted by Crippen LogP contribution is 2.55. The average Bonchev–Trinajstić information content (AvgIpc) is 2.55. The molecule has 9 heteroatoms. The summed E-state index contributed by atoms with van der Waals surface area (Å²) in [7, 11) is 0. The van der Waals surface area contributed by atoms with Gasteiger partial charge in [0.15, 0.2) is 0 Å². The third kappa shape index (κ3) is 3.65. The fourth-order valence-electron chi connectivity index (χ4n) is 5.54. The number of nitrogens with zero attached hydrogens (tertiary/aromatic N) is 2. The average molecular weight is 437 g/mol. The van der Waals surface area contributed by atoms with E-state index in [1.165, 1.54) is 37.6 Å². The van der Waals surface area contributed by atoms with Crippen molar-refractivity contribution < 1.29 is 14.8 Å². The van der Waals surface area contributed by atoms with Gasteiger partial charge in [-0.3, -0.25) is 10.1 Å². The van der Waals surface area contributed by atoms with Gasteiger partial charge in [0, 0.05) is 21.6 Å². The summed E-state index contributed by atoms with van der Waals surface area (Å²) >= 11 is 3.16. The number of halogens is 1. The minimum atomic E-state index is -0.676. The number of aromatic hydroxyl groups is 1. The lowest BCUT2D eigenvalue weighted by atomic mass is 9.53. The summed E-state index contributed by atoms with van der Waals surface area (Å²) in [5.41, 5.74) is 2.02. The molecule has 4 bridgehead atoms. The molecule has 0 radical (unpaired) electrons. The molecule has 144 valence electrons. The molecular formula is C18H21BrN4O4. The van der Waals surface area contributed by atoms with Crippen LogP contribution < -0.4 is 10.7 Å². The number of amides is 2. The summed E-state index contributed by atoms with van der Waals surface area (Å²) in [5, 5.41) is 27.9. The Kier molecular flexibility index (Phi) is 4.57. The summed E-state index contributed by atoms with van der Waals surface area (Å²) in [4.78, 5) is 22.6. The van der Waals surface area contributed by atoms with E-state index < -0.39 is 16.4 Å². The van der Waals surface area contributed by atoms with Gasteiger partial charge in [-0.15, -0.1) is 0 Å². The molecule has 0 aliphatic heterocycles. The number of phenols is 1. The standard InChI is InChI=1S/C18H21BrN4O4/c19-14-4-13(16(24)15(5-14)23(26)27)9-20-22-17(25)21-18-6-10-1-11(7-18)3-12(2-10)8-18/h4-5,9-12,24H,1-3,6-8H2,(H2,21,22,25)/b20-9+. The van der Waals surface area contributed by atoms with Crippen LogP contribution in [-0.2, 0) is 0 Å². The number of hydrazone groups is 1. The van der Waals surface area contributed by atoms with Crippen LogP contribution in [0.4, 0.5) is 10.5 Å². The van der Waals surface area contributed by atoms with E-state index in [2.05, 4.69) is 31.8 Å². The van der Waals surface area contributed by atoms with Crippen LogP contribution in [0, 0.1) is 27.9 Å². The van der Waals surface area contributed by atoms with Gasteiger partial charge in [0.2, 0.25) is 5.75 Å². The lowest BCUT2D eigenvalue weighted by Gasteiger charge is -2.56. The fourth-order valence-corrected chi connectivity index (χ4v) is 6.00. The molecule has 0 aromatic heterocycles. The van der Waals surface area contributed by atoms with E-state index in [1.54, 1.807) is 0 Å². The molecule has 3 N–H and O–H groups in total. The topological polar surface area (TPSA) is 117 Å². The van der Waals surface area contributed by atoms with Gasteiger partial charge in [-0.25, -0.2) is 10.2 Å². The van der Waals surface area contributed by atoms with Crippen molar-refractivity contribution >= 4 is 33.9 Å². The first-order valence-corrected chi connectivity index (χ1v) is 9.91. The van der Waals surface area contributed by atoms with Crippen LogP contribution in [0.1, 0.15) is 44.1 Å². The minimum absolute atomic E-state index is 0.120. The monoisotopic (exact) mass is 436 g/mol. The van der Waals surface area contributed by atoms with Gasteiger partial charge in [0.05, 0.1) is 11.1 Å². The molecule has 4 fully saturated rings. The SMILES string of the molecule is O=C(N/N=C/c1cc(Br)cc([N+](=O)[O-])c1O)NC12CC3CC(CC(C3)C1)C2. The van der Waals surface area contributed by atoms with E-state index in [9.17, 15) is 20.0 Å². The predicted molar refractivity (Wildman–Crippen MR) is 103 cm³/mol. The first kappa shape index (κ1) is 18.2. The van der Waals surface area contributed by atoms with Crippen molar-refractivity contribution in [2.45, 2.75) is 44.1 Å². The zero-order chi connectivity index (χ0) is 19.2. The number of rotatable bonds is 4. The van der Waals surface area contributed by atoms with Crippen molar-refractivity contribution in [1.29, 1.82) is 0 Å². The molecule has 1 aromatic carbocycles. The number of benzene rings is 1. The van der Waals surface area contributed by atoms with Gasteiger partial charge in [-0.1, -0.05) is 15.9 Å². The molecule has 0 spiro atoms. The lowest BCUT2D eigenvalue weighted by Crippen LogP contribution is -2.61. The number of nitrogens with one attached hydrogen (secondary N) is 2. The Morgan fingerprint density at radius 3 is 2.41 bits per heavy atom. The second kappa shape index (κ2) is 6.78. The highest BCUT2D eigenvalue weighted by molar-refractivity contribution is 9.10. The van der Waals surface area contributed by atoms with Crippen LogP contribution in [0.3, 0.4) is 0 Å². The zero-order valence-electron chi connectivity index (χ0n) is 14.7. The number of hydrogen-bond donors (Lipinski definition) is 3. The van der Waals surface area contributed by atoms with Crippen LogP contribution in [0.5, 0.6) is 5.75 Å². The molecular weight excluding hydrogens is 416 g/mol. The third-order valence-corrected chi connectivity index (χ3v) is 6.53. The molecule has 0 unspecified atom stereocenters. The largest absolute Gasteiger partial charge is 0.502 e. The van der Waals surface area contributed by atoms with Gasteiger partial charge in [-0.05, 0) is 62.3 Å². The number of phenolic OH excluding ortho intramolecular Hbond substituents is 1. The Hall–Kier alpha value is -2.16. The summed E-state index contributed by atoms with van der Waals surface area (Å²) in [5.74, 6) is 1.67. The quantitative estimate of drug-likeness (QED) is 0.379. The second-order valence-corrected chi connectivity index (χ2v) is 9.06. The maximum atomic E-state index is 12.3. The van der Waals surface area contributed by atoms with E-state index in [0.717, 1.165) is 37.0 Å². The number of urea groups is 1. The summed E-state index contributed by atoms with van der Waals surface area (Å²) < 4.78 is 0.437. The molecule has 4 saturated carbocycles. The predicted octanol–water partition coefficient (Wildman–Crippen LogP) is 3.66. The lowest BCUT2D eigenvalue weighted by molar-refractivity contribution is -0.385. The number of nitro benzene ring substituents is 1.